The first-order valence-electron chi connectivity index (χ1n) is 6.14. The standard InChI is InChI=1S/C14H14N4OS/c1-18(6-10-7-20-8-17-10)14(19)12-5-16-13-4-9(15)2-3-11(12)13/h2-5,7-8,16H,6,15H2,1H3. The van der Waals surface area contributed by atoms with Gasteiger partial charge in [0.15, 0.2) is 0 Å². The molecule has 0 aliphatic rings. The van der Waals surface area contributed by atoms with Crippen molar-refractivity contribution in [2.45, 2.75) is 6.54 Å². The molecule has 2 heterocycles. The second kappa shape index (κ2) is 4.97. The van der Waals surface area contributed by atoms with Crippen LogP contribution in [0.2, 0.25) is 0 Å². The highest BCUT2D eigenvalue weighted by atomic mass is 32.1. The average molecular weight is 286 g/mol. The molecule has 0 aliphatic heterocycles. The molecule has 1 amide bonds. The largest absolute Gasteiger partial charge is 0.399 e. The lowest BCUT2D eigenvalue weighted by Crippen LogP contribution is -2.26. The monoisotopic (exact) mass is 286 g/mol. The van der Waals surface area contributed by atoms with Gasteiger partial charge in [0.1, 0.15) is 0 Å². The van der Waals surface area contributed by atoms with Crippen LogP contribution in [0.3, 0.4) is 0 Å². The number of fused-ring (bicyclic) bond motifs is 1. The summed E-state index contributed by atoms with van der Waals surface area (Å²) in [5.74, 6) is -0.0333. The van der Waals surface area contributed by atoms with Crippen LogP contribution in [-0.4, -0.2) is 27.8 Å². The lowest BCUT2D eigenvalue weighted by atomic mass is 10.1. The minimum Gasteiger partial charge on any atom is -0.399 e. The molecule has 0 bridgehead atoms. The fourth-order valence-corrected chi connectivity index (χ4v) is 2.71. The zero-order chi connectivity index (χ0) is 14.1. The van der Waals surface area contributed by atoms with Crippen molar-refractivity contribution in [3.8, 4) is 0 Å². The van der Waals surface area contributed by atoms with E-state index in [2.05, 4.69) is 9.97 Å². The third-order valence-corrected chi connectivity index (χ3v) is 3.80. The molecule has 3 aromatic rings. The highest BCUT2D eigenvalue weighted by molar-refractivity contribution is 7.07. The summed E-state index contributed by atoms with van der Waals surface area (Å²) in [5, 5.41) is 2.83. The second-order valence-electron chi connectivity index (χ2n) is 4.65. The van der Waals surface area contributed by atoms with E-state index in [0.29, 0.717) is 17.8 Å². The number of anilines is 1. The summed E-state index contributed by atoms with van der Waals surface area (Å²) < 4.78 is 0. The highest BCUT2D eigenvalue weighted by Crippen LogP contribution is 2.22. The molecule has 2 aromatic heterocycles. The number of nitrogens with two attached hydrogens (primary N) is 1. The average Bonchev–Trinajstić information content (AvgIpc) is 3.06. The number of aromatic nitrogens is 2. The van der Waals surface area contributed by atoms with Crippen LogP contribution >= 0.6 is 11.3 Å². The number of thiazole rings is 1. The molecule has 0 radical (unpaired) electrons. The minimum absolute atomic E-state index is 0.0333. The van der Waals surface area contributed by atoms with Gasteiger partial charge >= 0.3 is 0 Å². The molecule has 0 fully saturated rings. The Hall–Kier alpha value is -2.34. The SMILES string of the molecule is CN(Cc1cscn1)C(=O)c1c[nH]c2cc(N)ccc12. The number of H-pyrrole nitrogens is 1. The fraction of sp³-hybridized carbons (Fsp3) is 0.143. The number of benzene rings is 1. The summed E-state index contributed by atoms with van der Waals surface area (Å²) in [7, 11) is 1.78. The number of carbonyl (C=O) groups is 1. The summed E-state index contributed by atoms with van der Waals surface area (Å²) in [6, 6.07) is 5.49. The maximum Gasteiger partial charge on any atom is 0.256 e. The number of aromatic amines is 1. The van der Waals surface area contributed by atoms with E-state index in [1.165, 1.54) is 11.3 Å². The Labute approximate surface area is 120 Å². The van der Waals surface area contributed by atoms with E-state index in [1.807, 2.05) is 17.5 Å². The molecule has 0 atom stereocenters. The summed E-state index contributed by atoms with van der Waals surface area (Å²) in [4.78, 5) is 21.4. The lowest BCUT2D eigenvalue weighted by Gasteiger charge is -2.15. The molecule has 3 rings (SSSR count). The maximum atomic E-state index is 12.5. The highest BCUT2D eigenvalue weighted by Gasteiger charge is 2.17. The lowest BCUT2D eigenvalue weighted by molar-refractivity contribution is 0.0785. The van der Waals surface area contributed by atoms with Crippen molar-refractivity contribution < 1.29 is 4.79 Å². The third-order valence-electron chi connectivity index (χ3n) is 3.17. The number of carbonyl (C=O) groups excluding carboxylic acids is 1. The van der Waals surface area contributed by atoms with Gasteiger partial charge in [-0.05, 0) is 18.2 Å². The van der Waals surface area contributed by atoms with Crippen molar-refractivity contribution in [2.24, 2.45) is 0 Å². The van der Waals surface area contributed by atoms with Gasteiger partial charge in [-0.1, -0.05) is 0 Å². The van der Waals surface area contributed by atoms with Crippen LogP contribution in [0.25, 0.3) is 10.9 Å². The van der Waals surface area contributed by atoms with Crippen LogP contribution in [0.4, 0.5) is 5.69 Å². The summed E-state index contributed by atoms with van der Waals surface area (Å²) in [6.45, 7) is 0.504. The zero-order valence-electron chi connectivity index (χ0n) is 11.0. The molecule has 0 saturated carbocycles. The molecule has 0 unspecified atom stereocenters. The van der Waals surface area contributed by atoms with Crippen LogP contribution in [-0.2, 0) is 6.54 Å². The van der Waals surface area contributed by atoms with Crippen molar-refractivity contribution in [2.75, 3.05) is 12.8 Å². The summed E-state index contributed by atoms with van der Waals surface area (Å²) in [6.07, 6.45) is 1.73. The Morgan fingerprint density at radius 2 is 2.35 bits per heavy atom. The molecule has 1 aromatic carbocycles. The number of amides is 1. The van der Waals surface area contributed by atoms with Gasteiger partial charge in [-0.15, -0.1) is 11.3 Å². The predicted octanol–water partition coefficient (Wildman–Crippen LogP) is 2.48. The first-order chi connectivity index (χ1) is 9.65. The maximum absolute atomic E-state index is 12.5. The first kappa shape index (κ1) is 12.7. The van der Waals surface area contributed by atoms with Crippen LogP contribution in [0.1, 0.15) is 16.1 Å². The van der Waals surface area contributed by atoms with Crippen LogP contribution in [0, 0.1) is 0 Å². The van der Waals surface area contributed by atoms with E-state index in [4.69, 9.17) is 5.73 Å². The van der Waals surface area contributed by atoms with Gasteiger partial charge in [-0.25, -0.2) is 4.98 Å². The van der Waals surface area contributed by atoms with Crippen molar-refractivity contribution in [3.63, 3.8) is 0 Å². The van der Waals surface area contributed by atoms with Gasteiger partial charge < -0.3 is 15.6 Å². The molecular weight excluding hydrogens is 272 g/mol. The van der Waals surface area contributed by atoms with Crippen LogP contribution < -0.4 is 5.73 Å². The quantitative estimate of drug-likeness (QED) is 0.726. The smallest absolute Gasteiger partial charge is 0.256 e. The van der Waals surface area contributed by atoms with E-state index < -0.39 is 0 Å². The third kappa shape index (κ3) is 2.25. The second-order valence-corrected chi connectivity index (χ2v) is 5.37. The molecule has 6 heteroatoms. The van der Waals surface area contributed by atoms with Crippen molar-refractivity contribution in [3.05, 3.63) is 46.5 Å². The summed E-state index contributed by atoms with van der Waals surface area (Å²) in [5.41, 5.74) is 10.6. The van der Waals surface area contributed by atoms with E-state index in [1.54, 1.807) is 29.7 Å². The molecule has 102 valence electrons. The van der Waals surface area contributed by atoms with Crippen LogP contribution in [0.5, 0.6) is 0 Å². The summed E-state index contributed by atoms with van der Waals surface area (Å²) >= 11 is 1.53. The van der Waals surface area contributed by atoms with E-state index in [0.717, 1.165) is 16.6 Å². The first-order valence-corrected chi connectivity index (χ1v) is 7.08. The normalized spacial score (nSPS) is 10.8. The van der Waals surface area contributed by atoms with Gasteiger partial charge in [-0.3, -0.25) is 4.79 Å². The van der Waals surface area contributed by atoms with Crippen molar-refractivity contribution in [1.82, 2.24) is 14.9 Å². The molecule has 0 aliphatic carbocycles. The molecular formula is C14H14N4OS. The Bertz CT molecular complexity index is 748. The fourth-order valence-electron chi connectivity index (χ4n) is 2.16. The van der Waals surface area contributed by atoms with Gasteiger partial charge in [0.05, 0.1) is 23.3 Å². The molecule has 3 N–H and O–H groups in total. The number of nitrogen functional groups attached to an aromatic ring is 1. The minimum atomic E-state index is -0.0333. The number of hydrogen-bond acceptors (Lipinski definition) is 4. The molecule has 0 saturated heterocycles. The van der Waals surface area contributed by atoms with E-state index in [9.17, 15) is 4.79 Å². The molecule has 5 nitrogen and oxygen atoms in total. The van der Waals surface area contributed by atoms with Gasteiger partial charge in [0.2, 0.25) is 0 Å². The number of nitrogens with one attached hydrogen (secondary N) is 1. The number of hydrogen-bond donors (Lipinski definition) is 2. The van der Waals surface area contributed by atoms with Crippen LogP contribution in [0.15, 0.2) is 35.3 Å². The Morgan fingerprint density at radius 3 is 3.10 bits per heavy atom. The zero-order valence-corrected chi connectivity index (χ0v) is 11.8. The van der Waals surface area contributed by atoms with Gasteiger partial charge in [-0.2, -0.15) is 0 Å². The predicted molar refractivity (Wildman–Crippen MR) is 80.6 cm³/mol. The van der Waals surface area contributed by atoms with Crippen molar-refractivity contribution >= 4 is 33.8 Å². The molecule has 20 heavy (non-hydrogen) atoms. The van der Waals surface area contributed by atoms with Gasteiger partial charge in [0, 0.05) is 35.2 Å². The van der Waals surface area contributed by atoms with Crippen molar-refractivity contribution in [1.29, 1.82) is 0 Å². The van der Waals surface area contributed by atoms with E-state index in [-0.39, 0.29) is 5.91 Å². The topological polar surface area (TPSA) is 75.0 Å². The Balaban J connectivity index is 1.88. The number of rotatable bonds is 3. The Morgan fingerprint density at radius 1 is 1.50 bits per heavy atom. The van der Waals surface area contributed by atoms with Gasteiger partial charge in [0.25, 0.3) is 5.91 Å². The number of nitrogens with zero attached hydrogens (tertiary/aromatic N) is 2. The van der Waals surface area contributed by atoms with E-state index >= 15 is 0 Å². The molecule has 0 spiro atoms. The Kier molecular flexibility index (Phi) is 3.15.